The maximum Gasteiger partial charge on any atom is 0.163 e. The van der Waals surface area contributed by atoms with Gasteiger partial charge in [-0.1, -0.05) is 121 Å². The molecule has 0 aliphatic carbocycles. The lowest BCUT2D eigenvalue weighted by molar-refractivity contribution is 0.482. The van der Waals surface area contributed by atoms with Crippen LogP contribution in [0.5, 0.6) is 46.0 Å². The van der Waals surface area contributed by atoms with Crippen LogP contribution in [-0.4, -0.2) is 29.9 Å². The minimum absolute atomic E-state index is 0.145. The number of ether oxygens (including phenoxy) is 4. The molecule has 65 heavy (non-hydrogen) atoms. The van der Waals surface area contributed by atoms with E-state index in [-0.39, 0.29) is 6.42 Å². The van der Waals surface area contributed by atoms with E-state index in [4.69, 9.17) is 48.9 Å². The molecule has 10 rings (SSSR count). The Balaban J connectivity index is 1.06. The molecule has 10 nitrogen and oxygen atoms in total. The second kappa shape index (κ2) is 18.9. The second-order valence-electron chi connectivity index (χ2n) is 14.7. The third kappa shape index (κ3) is 10.2. The van der Waals surface area contributed by atoms with Crippen LogP contribution in [0.25, 0.3) is 45.6 Å². The largest absolute Gasteiger partial charge is 0.457 e. The van der Waals surface area contributed by atoms with Gasteiger partial charge in [-0.05, 0) is 97.1 Å². The van der Waals surface area contributed by atoms with Crippen LogP contribution in [0.4, 0.5) is 0 Å². The molecule has 8 aromatic carbocycles. The van der Waals surface area contributed by atoms with Gasteiger partial charge in [0.2, 0.25) is 0 Å². The van der Waals surface area contributed by atoms with Crippen LogP contribution >= 0.6 is 0 Å². The highest BCUT2D eigenvalue weighted by atomic mass is 16.5. The molecule has 0 fully saturated rings. The summed E-state index contributed by atoms with van der Waals surface area (Å²) >= 11 is 0. The smallest absolute Gasteiger partial charge is 0.163 e. The fourth-order valence-electron chi connectivity index (χ4n) is 6.95. The molecule has 0 N–H and O–H groups in total. The second-order valence-corrected chi connectivity index (χ2v) is 14.7. The summed E-state index contributed by atoms with van der Waals surface area (Å²) in [6, 6.07) is 69.3. The lowest BCUT2D eigenvalue weighted by Gasteiger charge is -2.12. The molecule has 10 heteroatoms. The zero-order valence-corrected chi connectivity index (χ0v) is 34.8. The average Bonchev–Trinajstić information content (AvgIpc) is 3.35. The third-order valence-electron chi connectivity index (χ3n) is 9.96. The van der Waals surface area contributed by atoms with Crippen LogP contribution in [0.15, 0.2) is 218 Å². The Morgan fingerprint density at radius 1 is 0.231 bits per heavy atom. The molecule has 312 valence electrons. The maximum absolute atomic E-state index is 6.21. The van der Waals surface area contributed by atoms with Crippen molar-refractivity contribution < 1.29 is 18.9 Å². The van der Waals surface area contributed by atoms with Crippen molar-refractivity contribution in [2.45, 2.75) is 6.42 Å². The summed E-state index contributed by atoms with van der Waals surface area (Å²) in [6.07, 6.45) is 0.145. The van der Waals surface area contributed by atoms with Gasteiger partial charge in [0.05, 0.1) is 6.42 Å². The SMILES string of the molecule is c1ccc(Oc2cccc(-c3nc(Cc4nc(-c5cccc(Oc6ccccc6)c5)nc(-c5cccc(Oc6ccccc6)c5)n4)nc(-c4cccc(Oc5ccccc5)c4)n3)c2)cc1. The van der Waals surface area contributed by atoms with Crippen molar-refractivity contribution in [3.63, 3.8) is 0 Å². The van der Waals surface area contributed by atoms with E-state index in [1.807, 2.05) is 218 Å². The van der Waals surface area contributed by atoms with Crippen LogP contribution in [0.1, 0.15) is 11.6 Å². The average molecular weight is 847 g/mol. The quantitative estimate of drug-likeness (QED) is 0.105. The minimum atomic E-state index is 0.145. The summed E-state index contributed by atoms with van der Waals surface area (Å²) in [7, 11) is 0. The third-order valence-corrected chi connectivity index (χ3v) is 9.96. The van der Waals surface area contributed by atoms with Crippen molar-refractivity contribution in [3.8, 4) is 91.5 Å². The normalized spacial score (nSPS) is 10.8. The number of hydrogen-bond donors (Lipinski definition) is 0. The summed E-state index contributed by atoms with van der Waals surface area (Å²) in [5, 5.41) is 0. The zero-order chi connectivity index (χ0) is 43.6. The molecule has 0 bridgehead atoms. The zero-order valence-electron chi connectivity index (χ0n) is 34.8. The Hall–Kier alpha value is -9.02. The minimum Gasteiger partial charge on any atom is -0.457 e. The number of nitrogens with zero attached hydrogens (tertiary/aromatic N) is 6. The first kappa shape index (κ1) is 40.1. The van der Waals surface area contributed by atoms with Gasteiger partial charge < -0.3 is 18.9 Å². The summed E-state index contributed by atoms with van der Waals surface area (Å²) in [5.74, 6) is 8.09. The topological polar surface area (TPSA) is 114 Å². The van der Waals surface area contributed by atoms with Crippen LogP contribution in [0.3, 0.4) is 0 Å². The number of benzene rings is 8. The van der Waals surface area contributed by atoms with Crippen molar-refractivity contribution in [2.24, 2.45) is 0 Å². The van der Waals surface area contributed by atoms with Gasteiger partial charge in [-0.3, -0.25) is 0 Å². The Kier molecular flexibility index (Phi) is 11.7. The number of hydrogen-bond acceptors (Lipinski definition) is 10. The standard InChI is InChI=1S/C55H38N6O4/c1-5-21-42(22-6-1)62-46-29-13-17-38(33-46)52-56-50(57-53(60-52)39-18-14-30-47(34-39)63-43-23-7-2-8-24-43)37-51-58-54(40-19-15-31-48(35-40)64-44-25-9-3-10-26-44)61-55(59-51)41-20-16-32-49(36-41)65-45-27-11-4-12-28-45/h1-36H,37H2. The van der Waals surface area contributed by atoms with Crippen LogP contribution in [-0.2, 0) is 6.42 Å². The molecule has 2 aromatic heterocycles. The molecule has 2 heterocycles. The van der Waals surface area contributed by atoms with Crippen molar-refractivity contribution >= 4 is 0 Å². The lowest BCUT2D eigenvalue weighted by atomic mass is 10.1. The van der Waals surface area contributed by atoms with Gasteiger partial charge in [0.25, 0.3) is 0 Å². The summed E-state index contributed by atoms with van der Waals surface area (Å²) in [4.78, 5) is 30.2. The molecule has 0 saturated carbocycles. The van der Waals surface area contributed by atoms with E-state index >= 15 is 0 Å². The monoisotopic (exact) mass is 846 g/mol. The van der Waals surface area contributed by atoms with Gasteiger partial charge in [-0.2, -0.15) is 0 Å². The van der Waals surface area contributed by atoms with Crippen LogP contribution in [0.2, 0.25) is 0 Å². The first-order valence-electron chi connectivity index (χ1n) is 21.0. The van der Waals surface area contributed by atoms with E-state index in [1.165, 1.54) is 0 Å². The molecule has 0 saturated heterocycles. The number of rotatable bonds is 14. The molecule has 0 spiro atoms. The van der Waals surface area contributed by atoms with Gasteiger partial charge in [-0.25, -0.2) is 29.9 Å². The summed E-state index contributed by atoms with van der Waals surface area (Å²) in [6.45, 7) is 0. The van der Waals surface area contributed by atoms with Crippen molar-refractivity contribution in [2.75, 3.05) is 0 Å². The summed E-state index contributed by atoms with van der Waals surface area (Å²) in [5.41, 5.74) is 2.95. The molecule has 0 aliphatic heterocycles. The van der Waals surface area contributed by atoms with Gasteiger partial charge >= 0.3 is 0 Å². The maximum atomic E-state index is 6.21. The predicted octanol–water partition coefficient (Wildman–Crippen LogP) is 13.5. The van der Waals surface area contributed by atoms with E-state index in [1.54, 1.807) is 0 Å². The molecule has 0 aliphatic rings. The molecular weight excluding hydrogens is 809 g/mol. The highest BCUT2D eigenvalue weighted by Crippen LogP contribution is 2.32. The van der Waals surface area contributed by atoms with Crippen molar-refractivity contribution in [1.29, 1.82) is 0 Å². The fraction of sp³-hybridized carbons (Fsp3) is 0.0182. The van der Waals surface area contributed by atoms with Crippen LogP contribution < -0.4 is 18.9 Å². The van der Waals surface area contributed by atoms with Crippen molar-refractivity contribution in [1.82, 2.24) is 29.9 Å². The van der Waals surface area contributed by atoms with E-state index in [0.717, 1.165) is 22.3 Å². The first-order valence-corrected chi connectivity index (χ1v) is 21.0. The predicted molar refractivity (Wildman–Crippen MR) is 250 cm³/mol. The van der Waals surface area contributed by atoms with E-state index < -0.39 is 0 Å². The fourth-order valence-corrected chi connectivity index (χ4v) is 6.95. The number of para-hydroxylation sites is 4. The van der Waals surface area contributed by atoms with Gasteiger partial charge in [0.15, 0.2) is 23.3 Å². The van der Waals surface area contributed by atoms with Gasteiger partial charge in [-0.15, -0.1) is 0 Å². The van der Waals surface area contributed by atoms with E-state index in [0.29, 0.717) is 80.9 Å². The molecule has 0 unspecified atom stereocenters. The highest BCUT2D eigenvalue weighted by molar-refractivity contribution is 5.65. The van der Waals surface area contributed by atoms with E-state index in [2.05, 4.69) is 0 Å². The number of aromatic nitrogens is 6. The first-order chi connectivity index (χ1) is 32.1. The molecular formula is C55H38N6O4. The molecule has 0 atom stereocenters. The summed E-state index contributed by atoms with van der Waals surface area (Å²) < 4.78 is 24.9. The Bertz CT molecular complexity index is 2770. The molecule has 0 radical (unpaired) electrons. The Morgan fingerprint density at radius 2 is 0.462 bits per heavy atom. The molecule has 10 aromatic rings. The lowest BCUT2D eigenvalue weighted by Crippen LogP contribution is -2.08. The Labute approximate surface area is 375 Å². The van der Waals surface area contributed by atoms with Gasteiger partial charge in [0.1, 0.15) is 57.6 Å². The van der Waals surface area contributed by atoms with Crippen LogP contribution in [0, 0.1) is 0 Å². The van der Waals surface area contributed by atoms with Crippen molar-refractivity contribution in [3.05, 3.63) is 230 Å². The Morgan fingerprint density at radius 3 is 0.708 bits per heavy atom. The molecule has 0 amide bonds. The van der Waals surface area contributed by atoms with Gasteiger partial charge in [0, 0.05) is 22.3 Å². The highest BCUT2D eigenvalue weighted by Gasteiger charge is 2.18. The van der Waals surface area contributed by atoms with E-state index in [9.17, 15) is 0 Å².